The summed E-state index contributed by atoms with van der Waals surface area (Å²) in [6, 6.07) is 16.0. The molecule has 0 aliphatic heterocycles. The van der Waals surface area contributed by atoms with Gasteiger partial charge in [-0.05, 0) is 59.9 Å². The number of hydrogen-bond donors (Lipinski definition) is 0. The Kier molecular flexibility index (Phi) is 9.68. The second kappa shape index (κ2) is 12.0. The van der Waals surface area contributed by atoms with Crippen LogP contribution in [0.25, 0.3) is 0 Å². The minimum atomic E-state index is -4.17. The van der Waals surface area contributed by atoms with Gasteiger partial charge < -0.3 is 14.0 Å². The summed E-state index contributed by atoms with van der Waals surface area (Å²) < 4.78 is 42.3. The molecule has 0 spiro atoms. The first-order valence-corrected chi connectivity index (χ1v) is 12.1. The Hall–Kier alpha value is -2.22. The highest BCUT2D eigenvalue weighted by Gasteiger charge is 2.15. The van der Waals surface area contributed by atoms with E-state index >= 15 is 0 Å². The first kappa shape index (κ1) is 25.0. The maximum absolute atomic E-state index is 11.1. The normalized spacial score (nSPS) is 13.5. The summed E-state index contributed by atoms with van der Waals surface area (Å²) in [5.74, 6) is 0.616. The van der Waals surface area contributed by atoms with Crippen LogP contribution in [0.1, 0.15) is 68.6 Å². The van der Waals surface area contributed by atoms with Gasteiger partial charge in [-0.15, -0.1) is 0 Å². The predicted molar refractivity (Wildman–Crippen MR) is 119 cm³/mol. The molecule has 0 aliphatic carbocycles. The highest BCUT2D eigenvalue weighted by atomic mass is 32.2. The van der Waals surface area contributed by atoms with Gasteiger partial charge in [0.2, 0.25) is 0 Å². The molecule has 2 unspecified atom stereocenters. The Bertz CT molecular complexity index is 920. The molecule has 2 atom stereocenters. The van der Waals surface area contributed by atoms with Crippen LogP contribution in [0.3, 0.4) is 0 Å². The molecule has 170 valence electrons. The van der Waals surface area contributed by atoms with E-state index in [4.69, 9.17) is 9.47 Å². The van der Waals surface area contributed by atoms with Crippen LogP contribution >= 0.6 is 0 Å². The molecule has 0 radical (unpaired) electrons. The maximum atomic E-state index is 11.1. The van der Waals surface area contributed by atoms with Crippen molar-refractivity contribution in [3.05, 3.63) is 65.2 Å². The van der Waals surface area contributed by atoms with E-state index in [2.05, 4.69) is 26.0 Å². The second-order valence-corrected chi connectivity index (χ2v) is 9.34. The predicted octanol–water partition coefficient (Wildman–Crippen LogP) is 4.75. The zero-order valence-electron chi connectivity index (χ0n) is 18.4. The molecular weight excluding hydrogens is 416 g/mol. The number of rotatable bonds is 12. The Labute approximate surface area is 185 Å². The smallest absolute Gasteiger partial charge is 0.308 e. The highest BCUT2D eigenvalue weighted by molar-refractivity contribution is 7.85. The van der Waals surface area contributed by atoms with Gasteiger partial charge in [0, 0.05) is 19.3 Å². The fourth-order valence-corrected chi connectivity index (χ4v) is 4.02. The molecule has 31 heavy (non-hydrogen) atoms. The van der Waals surface area contributed by atoms with Gasteiger partial charge in [0.15, 0.2) is 0 Å². The first-order valence-electron chi connectivity index (χ1n) is 10.6. The topological polar surface area (TPSA) is 92.7 Å². The van der Waals surface area contributed by atoms with Gasteiger partial charge >= 0.3 is 5.97 Å². The van der Waals surface area contributed by atoms with Gasteiger partial charge in [0.1, 0.15) is 5.75 Å². The van der Waals surface area contributed by atoms with E-state index in [9.17, 15) is 17.8 Å². The fraction of sp³-hybridized carbons (Fsp3) is 0.458. The summed E-state index contributed by atoms with van der Waals surface area (Å²) in [7, 11) is -4.17. The lowest BCUT2D eigenvalue weighted by Crippen LogP contribution is -2.07. The molecule has 0 aromatic heterocycles. The lowest BCUT2D eigenvalue weighted by molar-refractivity contribution is -0.131. The monoisotopic (exact) mass is 447 g/mol. The van der Waals surface area contributed by atoms with Crippen molar-refractivity contribution < 1.29 is 27.2 Å². The lowest BCUT2D eigenvalue weighted by atomic mass is 9.84. The van der Waals surface area contributed by atoms with E-state index in [1.165, 1.54) is 18.1 Å². The molecule has 0 saturated carbocycles. The number of carbonyl (C=O) groups excluding carboxylic acids is 1. The van der Waals surface area contributed by atoms with E-state index in [1.54, 1.807) is 0 Å². The summed E-state index contributed by atoms with van der Waals surface area (Å²) >= 11 is 0. The van der Waals surface area contributed by atoms with E-state index in [0.717, 1.165) is 18.4 Å². The summed E-state index contributed by atoms with van der Waals surface area (Å²) in [6.45, 7) is 6.41. The van der Waals surface area contributed by atoms with E-state index in [0.29, 0.717) is 24.2 Å². The second-order valence-electron chi connectivity index (χ2n) is 7.81. The van der Waals surface area contributed by atoms with Crippen LogP contribution in [-0.4, -0.2) is 31.3 Å². The number of hydrogen-bond acceptors (Lipinski definition) is 6. The van der Waals surface area contributed by atoms with Crippen molar-refractivity contribution in [1.82, 2.24) is 0 Å². The molecule has 2 aromatic carbocycles. The average Bonchev–Trinajstić information content (AvgIpc) is 2.71. The van der Waals surface area contributed by atoms with E-state index in [-0.39, 0.29) is 19.0 Å². The number of ether oxygens (including phenoxy) is 2. The molecule has 0 aliphatic rings. The van der Waals surface area contributed by atoms with Gasteiger partial charge in [-0.3, -0.25) is 4.79 Å². The van der Waals surface area contributed by atoms with E-state index < -0.39 is 15.9 Å². The Morgan fingerprint density at radius 3 is 2.19 bits per heavy atom. The minimum Gasteiger partial charge on any atom is -0.748 e. The molecule has 0 fully saturated rings. The number of carbonyl (C=O) groups is 1. The van der Waals surface area contributed by atoms with Crippen LogP contribution < -0.4 is 4.74 Å². The molecule has 7 heteroatoms. The standard InChI is InChI=1S/C24H32O6S/c1-4-21(16-18(2)22-10-12-24(13-11-22)30-19(3)25)23-8-6-20(7-9-23)17-29-14-5-15-31(26,27)28/h6-13,18,21H,4-5,14-17H2,1-3H3,(H,26,27,28)/p-1. The van der Waals surface area contributed by atoms with Crippen molar-refractivity contribution >= 4 is 16.1 Å². The van der Waals surface area contributed by atoms with Gasteiger partial charge in [0.05, 0.1) is 16.7 Å². The van der Waals surface area contributed by atoms with Gasteiger partial charge in [-0.25, -0.2) is 8.42 Å². The Morgan fingerprint density at radius 1 is 1.03 bits per heavy atom. The van der Waals surface area contributed by atoms with Crippen LogP contribution in [0, 0.1) is 0 Å². The van der Waals surface area contributed by atoms with Crippen LogP contribution in [-0.2, 0) is 26.3 Å². The van der Waals surface area contributed by atoms with Gasteiger partial charge in [-0.1, -0.05) is 50.2 Å². The third-order valence-electron chi connectivity index (χ3n) is 5.24. The summed E-state index contributed by atoms with van der Waals surface area (Å²) in [4.78, 5) is 11.1. The van der Waals surface area contributed by atoms with Crippen molar-refractivity contribution in [2.75, 3.05) is 12.4 Å². The quantitative estimate of drug-likeness (QED) is 0.202. The third-order valence-corrected chi connectivity index (χ3v) is 6.03. The molecule has 2 rings (SSSR count). The summed E-state index contributed by atoms with van der Waals surface area (Å²) in [5.41, 5.74) is 3.49. The summed E-state index contributed by atoms with van der Waals surface area (Å²) in [6.07, 6.45) is 2.24. The Balaban J connectivity index is 1.88. The summed E-state index contributed by atoms with van der Waals surface area (Å²) in [5, 5.41) is 0. The van der Waals surface area contributed by atoms with Crippen LogP contribution in [0.2, 0.25) is 0 Å². The lowest BCUT2D eigenvalue weighted by Gasteiger charge is -2.21. The van der Waals surface area contributed by atoms with Gasteiger partial charge in [-0.2, -0.15) is 0 Å². The van der Waals surface area contributed by atoms with Crippen molar-refractivity contribution in [1.29, 1.82) is 0 Å². The first-order chi connectivity index (χ1) is 14.7. The molecule has 0 saturated heterocycles. The molecule has 0 heterocycles. The largest absolute Gasteiger partial charge is 0.748 e. The van der Waals surface area contributed by atoms with Crippen molar-refractivity contribution in [2.45, 2.75) is 58.5 Å². The molecule has 2 aromatic rings. The average molecular weight is 448 g/mol. The molecule has 6 nitrogen and oxygen atoms in total. The third kappa shape index (κ3) is 9.21. The minimum absolute atomic E-state index is 0.210. The molecule has 0 bridgehead atoms. The van der Waals surface area contributed by atoms with Crippen molar-refractivity contribution in [3.8, 4) is 5.75 Å². The van der Waals surface area contributed by atoms with Crippen LogP contribution in [0.5, 0.6) is 5.75 Å². The van der Waals surface area contributed by atoms with Crippen LogP contribution in [0.15, 0.2) is 48.5 Å². The number of benzene rings is 2. The Morgan fingerprint density at radius 2 is 1.65 bits per heavy atom. The van der Waals surface area contributed by atoms with Crippen LogP contribution in [0.4, 0.5) is 0 Å². The van der Waals surface area contributed by atoms with E-state index in [1.807, 2.05) is 36.4 Å². The van der Waals surface area contributed by atoms with Crippen molar-refractivity contribution in [3.63, 3.8) is 0 Å². The molecule has 0 N–H and O–H groups in total. The zero-order chi connectivity index (χ0) is 22.9. The maximum Gasteiger partial charge on any atom is 0.308 e. The zero-order valence-corrected chi connectivity index (χ0v) is 19.2. The molecule has 0 amide bonds. The van der Waals surface area contributed by atoms with Gasteiger partial charge in [0.25, 0.3) is 0 Å². The number of esters is 1. The van der Waals surface area contributed by atoms with Crippen molar-refractivity contribution in [2.24, 2.45) is 0 Å². The molecular formula is C24H31O6S-. The fourth-order valence-electron chi connectivity index (χ4n) is 3.55. The SMILES string of the molecule is CCC(CC(C)c1ccc(OC(C)=O)cc1)c1ccc(COCCCS(=O)(=O)[O-])cc1. The highest BCUT2D eigenvalue weighted by Crippen LogP contribution is 2.32.